The van der Waals surface area contributed by atoms with Gasteiger partial charge in [0.2, 0.25) is 0 Å². The average Bonchev–Trinajstić information content (AvgIpc) is 3.38. The number of sulfone groups is 1. The lowest BCUT2D eigenvalue weighted by molar-refractivity contribution is 0.602. The van der Waals surface area contributed by atoms with E-state index in [1.807, 2.05) is 49.9 Å². The Labute approximate surface area is 192 Å². The molecular weight excluding hydrogens is 434 g/mol. The predicted octanol–water partition coefficient (Wildman–Crippen LogP) is 4.63. The second kappa shape index (κ2) is 8.22. The minimum absolute atomic E-state index is 0.286. The second-order valence-electron chi connectivity index (χ2n) is 8.05. The summed E-state index contributed by atoms with van der Waals surface area (Å²) in [6.45, 7) is 0.709. The van der Waals surface area contributed by atoms with Gasteiger partial charge in [-0.25, -0.2) is 13.4 Å². The van der Waals surface area contributed by atoms with Crippen molar-refractivity contribution in [3.05, 3.63) is 90.9 Å². The first-order chi connectivity index (χ1) is 15.9. The molecule has 2 aromatic carbocycles. The van der Waals surface area contributed by atoms with Crippen molar-refractivity contribution in [2.75, 3.05) is 11.6 Å². The van der Waals surface area contributed by atoms with Crippen molar-refractivity contribution in [1.29, 1.82) is 0 Å². The van der Waals surface area contributed by atoms with Crippen molar-refractivity contribution >= 4 is 32.2 Å². The molecule has 7 nitrogen and oxygen atoms in total. The van der Waals surface area contributed by atoms with E-state index in [2.05, 4.69) is 38.2 Å². The molecule has 1 N–H and O–H groups in total. The van der Waals surface area contributed by atoms with Crippen molar-refractivity contribution in [3.8, 4) is 11.3 Å². The number of nitrogens with zero attached hydrogens (tertiary/aromatic N) is 4. The van der Waals surface area contributed by atoms with Crippen LogP contribution < -0.4 is 5.32 Å². The Morgan fingerprint density at radius 2 is 1.73 bits per heavy atom. The van der Waals surface area contributed by atoms with Crippen molar-refractivity contribution in [2.24, 2.45) is 7.05 Å². The lowest BCUT2D eigenvalue weighted by Gasteiger charge is -2.11. The van der Waals surface area contributed by atoms with Crippen LogP contribution in [0.5, 0.6) is 0 Å². The zero-order chi connectivity index (χ0) is 23.0. The largest absolute Gasteiger partial charge is 0.340 e. The molecule has 3 heterocycles. The molecule has 0 fully saturated rings. The number of rotatable bonds is 6. The van der Waals surface area contributed by atoms with Crippen LogP contribution in [0.3, 0.4) is 0 Å². The highest BCUT2D eigenvalue weighted by molar-refractivity contribution is 7.90. The SMILES string of the molecule is Cn1cc(-c2cc3cnc(Nc4ccc(S(C)(=O)=O)cc4)cc3n2Cc2ccccc2)cn1. The van der Waals surface area contributed by atoms with E-state index in [0.29, 0.717) is 12.4 Å². The van der Waals surface area contributed by atoms with Gasteiger partial charge >= 0.3 is 0 Å². The van der Waals surface area contributed by atoms with Gasteiger partial charge in [-0.1, -0.05) is 30.3 Å². The predicted molar refractivity (Wildman–Crippen MR) is 130 cm³/mol. The molecule has 0 amide bonds. The monoisotopic (exact) mass is 457 g/mol. The quantitative estimate of drug-likeness (QED) is 0.402. The number of nitrogens with one attached hydrogen (secondary N) is 1. The molecule has 5 aromatic rings. The van der Waals surface area contributed by atoms with Crippen LogP contribution in [-0.2, 0) is 23.4 Å². The first kappa shape index (κ1) is 21.0. The minimum Gasteiger partial charge on any atom is -0.340 e. The highest BCUT2D eigenvalue weighted by atomic mass is 32.2. The smallest absolute Gasteiger partial charge is 0.175 e. The standard InChI is InChI=1S/C25H23N5O2S/c1-29-17-20(15-27-29)23-12-19-14-26-25(28-21-8-10-22(11-9-21)33(2,31)32)13-24(19)30(23)16-18-6-4-3-5-7-18/h3-15,17H,16H2,1-2H3,(H,26,28). The van der Waals surface area contributed by atoms with Crippen molar-refractivity contribution in [1.82, 2.24) is 19.3 Å². The van der Waals surface area contributed by atoms with E-state index in [1.54, 1.807) is 28.9 Å². The molecule has 0 saturated carbocycles. The van der Waals surface area contributed by atoms with Crippen molar-refractivity contribution in [2.45, 2.75) is 11.4 Å². The minimum atomic E-state index is -3.23. The van der Waals surface area contributed by atoms with E-state index in [0.717, 1.165) is 27.8 Å². The van der Waals surface area contributed by atoms with Crippen LogP contribution in [0.2, 0.25) is 0 Å². The van der Waals surface area contributed by atoms with E-state index < -0.39 is 9.84 Å². The number of aromatic nitrogens is 4. The molecule has 0 aliphatic rings. The zero-order valence-electron chi connectivity index (χ0n) is 18.3. The van der Waals surface area contributed by atoms with Crippen LogP contribution in [0.25, 0.3) is 22.2 Å². The number of aryl methyl sites for hydroxylation is 1. The van der Waals surface area contributed by atoms with E-state index in [4.69, 9.17) is 0 Å². The van der Waals surface area contributed by atoms with Gasteiger partial charge < -0.3 is 9.88 Å². The molecule has 0 spiro atoms. The van der Waals surface area contributed by atoms with Gasteiger partial charge in [-0.3, -0.25) is 4.68 Å². The second-order valence-corrected chi connectivity index (χ2v) is 10.1. The lowest BCUT2D eigenvalue weighted by Crippen LogP contribution is -2.02. The fraction of sp³-hybridized carbons (Fsp3) is 0.120. The summed E-state index contributed by atoms with van der Waals surface area (Å²) in [5, 5.41) is 8.66. The van der Waals surface area contributed by atoms with Gasteiger partial charge in [-0.15, -0.1) is 0 Å². The Morgan fingerprint density at radius 1 is 0.970 bits per heavy atom. The maximum Gasteiger partial charge on any atom is 0.175 e. The Morgan fingerprint density at radius 3 is 2.39 bits per heavy atom. The number of hydrogen-bond donors (Lipinski definition) is 1. The third kappa shape index (κ3) is 4.38. The number of anilines is 2. The van der Waals surface area contributed by atoms with Gasteiger partial charge in [-0.2, -0.15) is 5.10 Å². The number of benzene rings is 2. The molecule has 166 valence electrons. The van der Waals surface area contributed by atoms with Gasteiger partial charge in [0.15, 0.2) is 9.84 Å². The van der Waals surface area contributed by atoms with E-state index in [1.165, 1.54) is 11.8 Å². The maximum atomic E-state index is 11.7. The molecule has 0 atom stereocenters. The first-order valence-corrected chi connectivity index (χ1v) is 12.4. The van der Waals surface area contributed by atoms with Gasteiger partial charge in [0.1, 0.15) is 5.82 Å². The highest BCUT2D eigenvalue weighted by Crippen LogP contribution is 2.30. The van der Waals surface area contributed by atoms with Crippen LogP contribution in [-0.4, -0.2) is 34.0 Å². The zero-order valence-corrected chi connectivity index (χ0v) is 19.1. The summed E-state index contributed by atoms with van der Waals surface area (Å²) in [7, 11) is -1.32. The topological polar surface area (TPSA) is 81.8 Å². The van der Waals surface area contributed by atoms with E-state index in [-0.39, 0.29) is 4.90 Å². The Hall–Kier alpha value is -3.91. The molecule has 8 heteroatoms. The summed E-state index contributed by atoms with van der Waals surface area (Å²) in [5.41, 5.74) is 5.11. The molecule has 0 aliphatic carbocycles. The van der Waals surface area contributed by atoms with Gasteiger partial charge in [0.05, 0.1) is 22.3 Å². The fourth-order valence-electron chi connectivity index (χ4n) is 3.89. The molecule has 0 bridgehead atoms. The number of hydrogen-bond acceptors (Lipinski definition) is 5. The van der Waals surface area contributed by atoms with Crippen LogP contribution in [0.1, 0.15) is 5.56 Å². The fourth-order valence-corrected chi connectivity index (χ4v) is 4.52. The molecule has 5 rings (SSSR count). The summed E-state index contributed by atoms with van der Waals surface area (Å²) >= 11 is 0. The van der Waals surface area contributed by atoms with Gasteiger partial charge in [0, 0.05) is 54.9 Å². The van der Waals surface area contributed by atoms with Crippen LogP contribution >= 0.6 is 0 Å². The number of pyridine rings is 1. The summed E-state index contributed by atoms with van der Waals surface area (Å²) < 4.78 is 27.5. The van der Waals surface area contributed by atoms with Crippen molar-refractivity contribution < 1.29 is 8.42 Å². The van der Waals surface area contributed by atoms with Gasteiger partial charge in [-0.05, 0) is 35.9 Å². The third-order valence-electron chi connectivity index (χ3n) is 5.52. The maximum absolute atomic E-state index is 11.7. The summed E-state index contributed by atoms with van der Waals surface area (Å²) in [5.74, 6) is 0.680. The molecule has 3 aromatic heterocycles. The van der Waals surface area contributed by atoms with E-state index >= 15 is 0 Å². The van der Waals surface area contributed by atoms with Crippen molar-refractivity contribution in [3.63, 3.8) is 0 Å². The summed E-state index contributed by atoms with van der Waals surface area (Å²) in [4.78, 5) is 4.86. The Kier molecular flexibility index (Phi) is 5.22. The van der Waals surface area contributed by atoms with Crippen LogP contribution in [0.4, 0.5) is 11.5 Å². The van der Waals surface area contributed by atoms with Crippen LogP contribution in [0, 0.1) is 0 Å². The third-order valence-corrected chi connectivity index (χ3v) is 6.65. The van der Waals surface area contributed by atoms with E-state index in [9.17, 15) is 8.42 Å². The number of fused-ring (bicyclic) bond motifs is 1. The molecule has 0 unspecified atom stereocenters. The molecule has 33 heavy (non-hydrogen) atoms. The average molecular weight is 458 g/mol. The molecule has 0 radical (unpaired) electrons. The van der Waals surface area contributed by atoms with Gasteiger partial charge in [0.25, 0.3) is 0 Å². The molecule has 0 aliphatic heterocycles. The molecule has 0 saturated heterocycles. The Balaban J connectivity index is 1.55. The normalized spacial score (nSPS) is 11.7. The first-order valence-electron chi connectivity index (χ1n) is 10.5. The molecular formula is C25H23N5O2S. The summed E-state index contributed by atoms with van der Waals surface area (Å²) in [6, 6.07) is 21.1. The van der Waals surface area contributed by atoms with Crippen LogP contribution in [0.15, 0.2) is 90.2 Å². The lowest BCUT2D eigenvalue weighted by atomic mass is 10.2. The summed E-state index contributed by atoms with van der Waals surface area (Å²) in [6.07, 6.45) is 6.92. The highest BCUT2D eigenvalue weighted by Gasteiger charge is 2.14. The Bertz CT molecular complexity index is 1540.